The minimum atomic E-state index is -0.0382. The highest BCUT2D eigenvalue weighted by atomic mass is 16.3. The predicted octanol–water partition coefficient (Wildman–Crippen LogP) is 1.36. The Kier molecular flexibility index (Phi) is 6.32. The molecule has 0 aromatic carbocycles. The third kappa shape index (κ3) is 4.81. The Balaban J connectivity index is 2.10. The van der Waals surface area contributed by atoms with Gasteiger partial charge in [-0.15, -0.1) is 0 Å². The number of rotatable bonds is 6. The Bertz CT molecular complexity index is 177. The number of aliphatic hydroxyl groups excluding tert-OH is 1. The Hall–Kier alpha value is -0.120. The molecule has 16 heavy (non-hydrogen) atoms. The highest BCUT2D eigenvalue weighted by molar-refractivity contribution is 4.74. The topological polar surface area (TPSA) is 58.3 Å². The Morgan fingerprint density at radius 1 is 1.25 bits per heavy atom. The van der Waals surface area contributed by atoms with Crippen molar-refractivity contribution in [3.05, 3.63) is 0 Å². The lowest BCUT2D eigenvalue weighted by Gasteiger charge is -2.27. The lowest BCUT2D eigenvalue weighted by atomic mass is 9.87. The monoisotopic (exact) mass is 228 g/mol. The third-order valence-corrected chi connectivity index (χ3v) is 3.90. The first-order chi connectivity index (χ1) is 7.63. The van der Waals surface area contributed by atoms with Crippen LogP contribution < -0.4 is 11.1 Å². The molecule has 1 fully saturated rings. The van der Waals surface area contributed by atoms with Crippen LogP contribution in [0.1, 0.15) is 39.5 Å². The normalized spacial score (nSPS) is 28.3. The van der Waals surface area contributed by atoms with Crippen molar-refractivity contribution >= 4 is 0 Å². The van der Waals surface area contributed by atoms with E-state index in [1.165, 1.54) is 12.8 Å². The van der Waals surface area contributed by atoms with Crippen LogP contribution >= 0.6 is 0 Å². The van der Waals surface area contributed by atoms with Crippen LogP contribution in [0.3, 0.4) is 0 Å². The number of nitrogens with one attached hydrogen (secondary N) is 1. The Morgan fingerprint density at radius 2 is 1.88 bits per heavy atom. The number of hydrogen-bond acceptors (Lipinski definition) is 3. The zero-order chi connectivity index (χ0) is 12.0. The van der Waals surface area contributed by atoms with Crippen molar-refractivity contribution in [2.75, 3.05) is 19.6 Å². The van der Waals surface area contributed by atoms with Gasteiger partial charge in [0.05, 0.1) is 6.10 Å². The van der Waals surface area contributed by atoms with Crippen molar-refractivity contribution in [1.82, 2.24) is 5.32 Å². The minimum absolute atomic E-state index is 0.0382. The van der Waals surface area contributed by atoms with Gasteiger partial charge in [0.2, 0.25) is 0 Å². The summed E-state index contributed by atoms with van der Waals surface area (Å²) in [5, 5.41) is 13.0. The lowest BCUT2D eigenvalue weighted by Crippen LogP contribution is -2.35. The summed E-state index contributed by atoms with van der Waals surface area (Å²) in [7, 11) is 0. The summed E-state index contributed by atoms with van der Waals surface area (Å²) >= 11 is 0. The molecule has 0 spiro atoms. The van der Waals surface area contributed by atoms with Crippen LogP contribution in [0, 0.1) is 17.8 Å². The zero-order valence-corrected chi connectivity index (χ0v) is 10.8. The summed E-state index contributed by atoms with van der Waals surface area (Å²) in [6.45, 7) is 7.36. The van der Waals surface area contributed by atoms with Gasteiger partial charge in [0.25, 0.3) is 0 Å². The maximum absolute atomic E-state index is 9.41. The van der Waals surface area contributed by atoms with E-state index in [1.54, 1.807) is 0 Å². The molecule has 0 radical (unpaired) electrons. The molecule has 0 aromatic rings. The van der Waals surface area contributed by atoms with Crippen LogP contribution in [-0.4, -0.2) is 30.8 Å². The summed E-state index contributed by atoms with van der Waals surface area (Å²) in [6.07, 6.45) is 4.27. The van der Waals surface area contributed by atoms with E-state index in [1.807, 2.05) is 0 Å². The van der Waals surface area contributed by atoms with E-state index in [4.69, 9.17) is 5.73 Å². The minimum Gasteiger partial charge on any atom is -0.393 e. The van der Waals surface area contributed by atoms with Crippen molar-refractivity contribution in [2.24, 2.45) is 23.5 Å². The van der Waals surface area contributed by atoms with Crippen LogP contribution in [0.5, 0.6) is 0 Å². The molecular formula is C13H28N2O. The Labute approximate surface area is 99.8 Å². The summed E-state index contributed by atoms with van der Waals surface area (Å²) in [4.78, 5) is 0. The first kappa shape index (κ1) is 13.9. The molecule has 1 saturated carbocycles. The van der Waals surface area contributed by atoms with Gasteiger partial charge in [-0.25, -0.2) is 0 Å². The standard InChI is InChI=1S/C13H28N2O/c1-10(2)12(7-14)9-15-8-11-3-5-13(16)6-4-11/h10-13,15-16H,3-9,14H2,1-2H3. The second-order valence-corrected chi connectivity index (χ2v) is 5.57. The van der Waals surface area contributed by atoms with Crippen LogP contribution in [0.15, 0.2) is 0 Å². The van der Waals surface area contributed by atoms with Crippen LogP contribution in [0.25, 0.3) is 0 Å². The van der Waals surface area contributed by atoms with Gasteiger partial charge in [0, 0.05) is 0 Å². The largest absolute Gasteiger partial charge is 0.393 e. The maximum atomic E-state index is 9.41. The van der Waals surface area contributed by atoms with E-state index < -0.39 is 0 Å². The summed E-state index contributed by atoms with van der Waals surface area (Å²) in [6, 6.07) is 0. The fraction of sp³-hybridized carbons (Fsp3) is 1.00. The molecule has 96 valence electrons. The van der Waals surface area contributed by atoms with E-state index in [-0.39, 0.29) is 6.10 Å². The van der Waals surface area contributed by atoms with Gasteiger partial charge < -0.3 is 16.2 Å². The second-order valence-electron chi connectivity index (χ2n) is 5.57. The average Bonchev–Trinajstić information content (AvgIpc) is 2.26. The summed E-state index contributed by atoms with van der Waals surface area (Å²) in [5.41, 5.74) is 5.74. The molecule has 4 N–H and O–H groups in total. The van der Waals surface area contributed by atoms with E-state index in [9.17, 15) is 5.11 Å². The molecule has 1 aliphatic carbocycles. The van der Waals surface area contributed by atoms with Gasteiger partial charge in [0.15, 0.2) is 0 Å². The fourth-order valence-electron chi connectivity index (χ4n) is 2.41. The third-order valence-electron chi connectivity index (χ3n) is 3.90. The van der Waals surface area contributed by atoms with Crippen molar-refractivity contribution in [3.8, 4) is 0 Å². The predicted molar refractivity (Wildman–Crippen MR) is 68.2 cm³/mol. The SMILES string of the molecule is CC(C)C(CN)CNCC1CCC(O)CC1. The second kappa shape index (κ2) is 7.25. The van der Waals surface area contributed by atoms with E-state index >= 15 is 0 Å². The zero-order valence-electron chi connectivity index (χ0n) is 10.8. The van der Waals surface area contributed by atoms with E-state index in [2.05, 4.69) is 19.2 Å². The highest BCUT2D eigenvalue weighted by Gasteiger charge is 2.19. The molecule has 1 unspecified atom stereocenters. The molecule has 1 atom stereocenters. The van der Waals surface area contributed by atoms with Crippen molar-refractivity contribution in [1.29, 1.82) is 0 Å². The molecule has 3 heteroatoms. The first-order valence-electron chi connectivity index (χ1n) is 6.72. The van der Waals surface area contributed by atoms with Gasteiger partial charge in [0.1, 0.15) is 0 Å². The Morgan fingerprint density at radius 3 is 2.38 bits per heavy atom. The van der Waals surface area contributed by atoms with Gasteiger partial charge in [-0.2, -0.15) is 0 Å². The van der Waals surface area contributed by atoms with Crippen LogP contribution in [0.2, 0.25) is 0 Å². The summed E-state index contributed by atoms with van der Waals surface area (Å²) < 4.78 is 0. The van der Waals surface area contributed by atoms with Crippen LogP contribution in [0.4, 0.5) is 0 Å². The molecule has 0 saturated heterocycles. The quantitative estimate of drug-likeness (QED) is 0.643. The molecular weight excluding hydrogens is 200 g/mol. The maximum Gasteiger partial charge on any atom is 0.0540 e. The average molecular weight is 228 g/mol. The molecule has 0 aliphatic heterocycles. The van der Waals surface area contributed by atoms with Gasteiger partial charge in [-0.1, -0.05) is 13.8 Å². The molecule has 1 aliphatic rings. The molecule has 0 aromatic heterocycles. The van der Waals surface area contributed by atoms with Crippen molar-refractivity contribution in [3.63, 3.8) is 0 Å². The first-order valence-corrected chi connectivity index (χ1v) is 6.72. The fourth-order valence-corrected chi connectivity index (χ4v) is 2.41. The molecule has 0 bridgehead atoms. The smallest absolute Gasteiger partial charge is 0.0540 e. The van der Waals surface area contributed by atoms with Crippen molar-refractivity contribution < 1.29 is 5.11 Å². The molecule has 0 heterocycles. The lowest BCUT2D eigenvalue weighted by molar-refractivity contribution is 0.108. The van der Waals surface area contributed by atoms with Gasteiger partial charge in [-0.3, -0.25) is 0 Å². The van der Waals surface area contributed by atoms with Gasteiger partial charge in [-0.05, 0) is 63.1 Å². The van der Waals surface area contributed by atoms with E-state index in [0.29, 0.717) is 11.8 Å². The number of nitrogens with two attached hydrogens (primary N) is 1. The van der Waals surface area contributed by atoms with Crippen molar-refractivity contribution in [2.45, 2.75) is 45.6 Å². The van der Waals surface area contributed by atoms with Gasteiger partial charge >= 0.3 is 0 Å². The molecule has 0 amide bonds. The van der Waals surface area contributed by atoms with E-state index in [0.717, 1.165) is 38.4 Å². The molecule has 3 nitrogen and oxygen atoms in total. The highest BCUT2D eigenvalue weighted by Crippen LogP contribution is 2.23. The summed E-state index contributed by atoms with van der Waals surface area (Å²) in [5.74, 6) is 2.01. The number of aliphatic hydroxyl groups is 1. The van der Waals surface area contributed by atoms with Crippen LogP contribution in [-0.2, 0) is 0 Å². The number of hydrogen-bond donors (Lipinski definition) is 3. The molecule has 1 rings (SSSR count).